The van der Waals surface area contributed by atoms with Crippen molar-refractivity contribution < 1.29 is 23.9 Å². The van der Waals surface area contributed by atoms with E-state index in [1.54, 1.807) is 53.4 Å². The molecule has 2 rings (SSSR count). The van der Waals surface area contributed by atoms with Crippen LogP contribution >= 0.6 is 11.8 Å². The quantitative estimate of drug-likeness (QED) is 0.372. The van der Waals surface area contributed by atoms with E-state index >= 15 is 0 Å². The maximum Gasteiger partial charge on any atom is 0.339 e. The van der Waals surface area contributed by atoms with Crippen molar-refractivity contribution in [2.75, 3.05) is 30.8 Å². The minimum Gasteiger partial charge on any atom is -0.452 e. The molecule has 3 amide bonds. The number of anilines is 1. The Hall–Kier alpha value is -3.33. The van der Waals surface area contributed by atoms with Crippen LogP contribution in [0, 0.1) is 0 Å². The van der Waals surface area contributed by atoms with Crippen LogP contribution in [0.25, 0.3) is 0 Å². The van der Waals surface area contributed by atoms with Crippen LogP contribution in [0.15, 0.2) is 53.4 Å². The summed E-state index contributed by atoms with van der Waals surface area (Å²) in [5.41, 5.74) is 1.31. The fourth-order valence-corrected chi connectivity index (χ4v) is 3.92. The normalized spacial score (nSPS) is 10.5. The maximum absolute atomic E-state index is 12.5. The summed E-state index contributed by atoms with van der Waals surface area (Å²) in [7, 11) is 0. The van der Waals surface area contributed by atoms with Crippen molar-refractivity contribution >= 4 is 41.1 Å². The highest BCUT2D eigenvalue weighted by atomic mass is 32.2. The van der Waals surface area contributed by atoms with Crippen molar-refractivity contribution in [1.29, 1.82) is 0 Å². The molecule has 34 heavy (non-hydrogen) atoms. The number of hydrogen-bond acceptors (Lipinski definition) is 6. The molecule has 0 radical (unpaired) electrons. The highest BCUT2D eigenvalue weighted by Gasteiger charge is 2.16. The summed E-state index contributed by atoms with van der Waals surface area (Å²) in [5.74, 6) is -1.20. The molecule has 0 aromatic heterocycles. The summed E-state index contributed by atoms with van der Waals surface area (Å²) in [6.45, 7) is 8.35. The lowest BCUT2D eigenvalue weighted by atomic mass is 10.2. The zero-order valence-corrected chi connectivity index (χ0v) is 20.7. The third-order valence-electron chi connectivity index (χ3n) is 4.72. The predicted octanol–water partition coefficient (Wildman–Crippen LogP) is 3.58. The molecule has 2 aromatic carbocycles. The Kier molecular flexibility index (Phi) is 10.6. The predicted molar refractivity (Wildman–Crippen MR) is 133 cm³/mol. The van der Waals surface area contributed by atoms with Crippen molar-refractivity contribution in [2.24, 2.45) is 0 Å². The Morgan fingerprint density at radius 3 is 2.21 bits per heavy atom. The van der Waals surface area contributed by atoms with Gasteiger partial charge in [-0.1, -0.05) is 12.1 Å². The number of benzene rings is 2. The van der Waals surface area contributed by atoms with Crippen LogP contribution in [0.3, 0.4) is 0 Å². The van der Waals surface area contributed by atoms with E-state index in [0.29, 0.717) is 29.2 Å². The fraction of sp³-hybridized carbons (Fsp3) is 0.360. The van der Waals surface area contributed by atoms with Crippen LogP contribution in [-0.4, -0.2) is 60.1 Å². The molecule has 0 aliphatic carbocycles. The molecule has 0 saturated carbocycles. The number of rotatable bonds is 11. The average Bonchev–Trinajstić information content (AvgIpc) is 2.82. The Morgan fingerprint density at radius 2 is 1.59 bits per heavy atom. The Labute approximate surface area is 204 Å². The van der Waals surface area contributed by atoms with Gasteiger partial charge in [-0.05, 0) is 64.1 Å². The topological polar surface area (TPSA) is 105 Å². The summed E-state index contributed by atoms with van der Waals surface area (Å²) in [6.07, 6.45) is 0. The number of nitrogens with zero attached hydrogens (tertiary/aromatic N) is 1. The van der Waals surface area contributed by atoms with Crippen molar-refractivity contribution in [3.8, 4) is 0 Å². The van der Waals surface area contributed by atoms with Gasteiger partial charge in [-0.2, -0.15) is 0 Å². The highest BCUT2D eigenvalue weighted by molar-refractivity contribution is 8.00. The van der Waals surface area contributed by atoms with Crippen molar-refractivity contribution in [2.45, 2.75) is 38.6 Å². The molecule has 0 aliphatic rings. The zero-order chi connectivity index (χ0) is 25.1. The second kappa shape index (κ2) is 13.4. The fourth-order valence-electron chi connectivity index (χ4n) is 3.06. The second-order valence-electron chi connectivity index (χ2n) is 7.69. The molecule has 0 aliphatic heterocycles. The molecule has 2 N–H and O–H groups in total. The van der Waals surface area contributed by atoms with E-state index in [0.717, 1.165) is 0 Å². The van der Waals surface area contributed by atoms with Gasteiger partial charge in [-0.25, -0.2) is 4.79 Å². The van der Waals surface area contributed by atoms with Crippen LogP contribution in [0.1, 0.15) is 48.4 Å². The number of carbonyl (C=O) groups excluding carboxylic acids is 4. The molecule has 0 bridgehead atoms. The zero-order valence-electron chi connectivity index (χ0n) is 19.9. The van der Waals surface area contributed by atoms with E-state index < -0.39 is 18.5 Å². The number of amides is 3. The number of carbonyl (C=O) groups is 4. The first-order chi connectivity index (χ1) is 16.2. The van der Waals surface area contributed by atoms with Crippen LogP contribution < -0.4 is 10.6 Å². The molecule has 0 atom stereocenters. The Morgan fingerprint density at radius 1 is 0.941 bits per heavy atom. The van der Waals surface area contributed by atoms with E-state index in [-0.39, 0.29) is 29.2 Å². The first-order valence-electron chi connectivity index (χ1n) is 11.1. The molecule has 0 fully saturated rings. The monoisotopic (exact) mass is 485 g/mol. The minimum atomic E-state index is -0.650. The van der Waals surface area contributed by atoms with E-state index in [2.05, 4.69) is 10.6 Å². The van der Waals surface area contributed by atoms with Gasteiger partial charge in [-0.15, -0.1) is 11.8 Å². The van der Waals surface area contributed by atoms with E-state index in [4.69, 9.17) is 4.74 Å². The van der Waals surface area contributed by atoms with Gasteiger partial charge < -0.3 is 20.3 Å². The van der Waals surface area contributed by atoms with E-state index in [1.165, 1.54) is 11.8 Å². The first kappa shape index (κ1) is 26.9. The third-order valence-corrected chi connectivity index (χ3v) is 5.79. The SMILES string of the molecule is CCN(CC)C(=O)c1ccc(NC(=O)COC(=O)c2ccccc2SCC(=O)NC(C)C)cc1. The molecule has 0 spiro atoms. The number of nitrogens with one attached hydrogen (secondary N) is 2. The first-order valence-corrected chi connectivity index (χ1v) is 12.1. The number of ether oxygens (including phenoxy) is 1. The maximum atomic E-state index is 12.5. The van der Waals surface area contributed by atoms with Gasteiger partial charge in [0.2, 0.25) is 5.91 Å². The van der Waals surface area contributed by atoms with Crippen molar-refractivity contribution in [1.82, 2.24) is 10.2 Å². The largest absolute Gasteiger partial charge is 0.452 e. The smallest absolute Gasteiger partial charge is 0.339 e. The van der Waals surface area contributed by atoms with Gasteiger partial charge >= 0.3 is 5.97 Å². The molecular formula is C25H31N3O5S. The third kappa shape index (κ3) is 8.22. The molecule has 0 saturated heterocycles. The van der Waals surface area contributed by atoms with Crippen molar-refractivity contribution in [3.63, 3.8) is 0 Å². The van der Waals surface area contributed by atoms with Crippen LogP contribution in [0.4, 0.5) is 5.69 Å². The second-order valence-corrected chi connectivity index (χ2v) is 8.70. The molecule has 9 heteroatoms. The van der Waals surface area contributed by atoms with Gasteiger partial charge in [0.05, 0.1) is 11.3 Å². The van der Waals surface area contributed by atoms with Gasteiger partial charge in [0.1, 0.15) is 0 Å². The molecular weight excluding hydrogens is 454 g/mol. The number of hydrogen-bond donors (Lipinski definition) is 2. The molecule has 182 valence electrons. The average molecular weight is 486 g/mol. The van der Waals surface area contributed by atoms with Crippen LogP contribution in [0.2, 0.25) is 0 Å². The van der Waals surface area contributed by atoms with Crippen molar-refractivity contribution in [3.05, 3.63) is 59.7 Å². The van der Waals surface area contributed by atoms with Gasteiger partial charge in [0.25, 0.3) is 11.8 Å². The summed E-state index contributed by atoms with van der Waals surface area (Å²) in [4.78, 5) is 51.3. The summed E-state index contributed by atoms with van der Waals surface area (Å²) in [6, 6.07) is 13.4. The minimum absolute atomic E-state index is 0.0332. The van der Waals surface area contributed by atoms with Gasteiger partial charge in [0.15, 0.2) is 6.61 Å². The lowest BCUT2D eigenvalue weighted by Gasteiger charge is -2.18. The summed E-state index contributed by atoms with van der Waals surface area (Å²) >= 11 is 1.23. The molecule has 8 nitrogen and oxygen atoms in total. The van der Waals surface area contributed by atoms with E-state index in [9.17, 15) is 19.2 Å². The highest BCUT2D eigenvalue weighted by Crippen LogP contribution is 2.23. The molecule has 2 aromatic rings. The van der Waals surface area contributed by atoms with Crippen LogP contribution in [-0.2, 0) is 14.3 Å². The lowest BCUT2D eigenvalue weighted by Crippen LogP contribution is -2.31. The molecule has 0 heterocycles. The standard InChI is InChI=1S/C25H31N3O5S/c1-5-28(6-2)24(31)18-11-13-19(14-12-18)27-22(29)15-33-25(32)20-9-7-8-10-21(20)34-16-23(30)26-17(3)4/h7-14,17H,5-6,15-16H2,1-4H3,(H,26,30)(H,27,29). The van der Waals surface area contributed by atoms with Crippen LogP contribution in [0.5, 0.6) is 0 Å². The Bertz CT molecular complexity index is 1000. The lowest BCUT2D eigenvalue weighted by molar-refractivity contribution is -0.119. The number of esters is 1. The van der Waals surface area contributed by atoms with Gasteiger partial charge in [0, 0.05) is 35.3 Å². The van der Waals surface area contributed by atoms with E-state index in [1.807, 2.05) is 27.7 Å². The molecule has 0 unspecified atom stereocenters. The number of thioether (sulfide) groups is 1. The van der Waals surface area contributed by atoms with Gasteiger partial charge in [-0.3, -0.25) is 14.4 Å². The Balaban J connectivity index is 1.90. The summed E-state index contributed by atoms with van der Waals surface area (Å²) < 4.78 is 5.17. The summed E-state index contributed by atoms with van der Waals surface area (Å²) in [5, 5.41) is 5.44.